The largest absolute Gasteiger partial charge is 0.508 e. The second-order valence-corrected chi connectivity index (χ2v) is 7.38. The molecule has 0 spiro atoms. The number of nitriles is 1. The van der Waals surface area contributed by atoms with Crippen molar-refractivity contribution < 1.29 is 9.84 Å². The molecule has 0 amide bonds. The van der Waals surface area contributed by atoms with E-state index in [1.165, 1.54) is 0 Å². The van der Waals surface area contributed by atoms with E-state index < -0.39 is 0 Å². The molecule has 0 saturated carbocycles. The number of anilines is 2. The molecule has 2 heterocycles. The molecular weight excluding hydrogens is 412 g/mol. The molecule has 0 saturated heterocycles. The van der Waals surface area contributed by atoms with Crippen LogP contribution in [0, 0.1) is 11.3 Å². The fourth-order valence-corrected chi connectivity index (χ4v) is 3.57. The molecule has 0 aliphatic heterocycles. The van der Waals surface area contributed by atoms with Crippen molar-refractivity contribution in [3.8, 4) is 34.4 Å². The maximum atomic E-state index is 9.85. The Morgan fingerprint density at radius 3 is 2.36 bits per heavy atom. The first-order valence-electron chi connectivity index (χ1n) is 10.3. The van der Waals surface area contributed by atoms with Crippen molar-refractivity contribution in [3.05, 3.63) is 103 Å². The summed E-state index contributed by atoms with van der Waals surface area (Å²) in [4.78, 5) is 8.42. The Kier molecular flexibility index (Phi) is 5.28. The number of benzene rings is 3. The van der Waals surface area contributed by atoms with Gasteiger partial charge >= 0.3 is 0 Å². The summed E-state index contributed by atoms with van der Waals surface area (Å²) >= 11 is 0. The van der Waals surface area contributed by atoms with Gasteiger partial charge in [0.2, 0.25) is 0 Å². The number of aromatic nitrogens is 2. The molecule has 2 N–H and O–H groups in total. The minimum absolute atomic E-state index is 0.198. The SMILES string of the molecule is N#Cc1cnc2ccc(-c3cccc(O)c3)cc2c1Nc1ccc(Oc2ccncc2)cc1. The van der Waals surface area contributed by atoms with Crippen LogP contribution in [0.2, 0.25) is 0 Å². The summed E-state index contributed by atoms with van der Waals surface area (Å²) < 4.78 is 5.82. The van der Waals surface area contributed by atoms with Crippen LogP contribution < -0.4 is 10.1 Å². The zero-order chi connectivity index (χ0) is 22.6. The van der Waals surface area contributed by atoms with Crippen LogP contribution in [-0.2, 0) is 0 Å². The molecule has 158 valence electrons. The predicted octanol–water partition coefficient (Wildman–Crippen LogP) is 6.41. The van der Waals surface area contributed by atoms with Gasteiger partial charge in [0.15, 0.2) is 0 Å². The van der Waals surface area contributed by atoms with Crippen LogP contribution in [0.4, 0.5) is 11.4 Å². The molecule has 6 nitrogen and oxygen atoms in total. The van der Waals surface area contributed by atoms with Gasteiger partial charge in [0, 0.05) is 29.7 Å². The average Bonchev–Trinajstić information content (AvgIpc) is 2.86. The van der Waals surface area contributed by atoms with Crippen LogP contribution in [0.3, 0.4) is 0 Å². The zero-order valence-electron chi connectivity index (χ0n) is 17.4. The van der Waals surface area contributed by atoms with Gasteiger partial charge in [0.25, 0.3) is 0 Å². The van der Waals surface area contributed by atoms with E-state index in [4.69, 9.17) is 4.74 Å². The second kappa shape index (κ2) is 8.69. The molecule has 0 unspecified atom stereocenters. The van der Waals surface area contributed by atoms with Crippen molar-refractivity contribution in [3.63, 3.8) is 0 Å². The average molecular weight is 430 g/mol. The lowest BCUT2D eigenvalue weighted by atomic mass is 10.0. The standard InChI is InChI=1S/C27H18N4O2/c28-16-20-17-30-26-9-4-19(18-2-1-3-22(32)14-18)15-25(26)27(20)31-21-5-7-23(8-6-21)33-24-10-12-29-13-11-24/h1-15,17,32H,(H,30,31). The number of rotatable bonds is 5. The van der Waals surface area contributed by atoms with E-state index in [1.54, 1.807) is 48.9 Å². The van der Waals surface area contributed by atoms with Gasteiger partial charge in [0.1, 0.15) is 23.3 Å². The number of nitrogens with one attached hydrogen (secondary N) is 1. The van der Waals surface area contributed by atoms with E-state index in [2.05, 4.69) is 21.4 Å². The van der Waals surface area contributed by atoms with E-state index in [9.17, 15) is 10.4 Å². The highest BCUT2D eigenvalue weighted by Crippen LogP contribution is 2.33. The van der Waals surface area contributed by atoms with Gasteiger partial charge in [-0.25, -0.2) is 0 Å². The number of hydrogen-bond donors (Lipinski definition) is 2. The zero-order valence-corrected chi connectivity index (χ0v) is 17.4. The first-order chi connectivity index (χ1) is 16.2. The Hall–Kier alpha value is -4.89. The normalized spacial score (nSPS) is 10.5. The number of hydrogen-bond acceptors (Lipinski definition) is 6. The van der Waals surface area contributed by atoms with Gasteiger partial charge in [-0.15, -0.1) is 0 Å². The highest BCUT2D eigenvalue weighted by Gasteiger charge is 2.11. The van der Waals surface area contributed by atoms with Crippen molar-refractivity contribution in [2.24, 2.45) is 0 Å². The van der Waals surface area contributed by atoms with Gasteiger partial charge in [-0.05, 0) is 71.8 Å². The fourth-order valence-electron chi connectivity index (χ4n) is 3.57. The summed E-state index contributed by atoms with van der Waals surface area (Å²) in [6, 6.07) is 26.2. The number of nitrogens with zero attached hydrogens (tertiary/aromatic N) is 3. The van der Waals surface area contributed by atoms with Crippen molar-refractivity contribution in [2.75, 3.05) is 5.32 Å². The summed E-state index contributed by atoms with van der Waals surface area (Å²) in [5.74, 6) is 1.60. The van der Waals surface area contributed by atoms with E-state index in [1.807, 2.05) is 48.5 Å². The van der Waals surface area contributed by atoms with Crippen LogP contribution in [0.15, 0.2) is 97.5 Å². The van der Waals surface area contributed by atoms with Gasteiger partial charge < -0.3 is 15.2 Å². The quantitative estimate of drug-likeness (QED) is 0.335. The Morgan fingerprint density at radius 1 is 0.848 bits per heavy atom. The van der Waals surface area contributed by atoms with Crippen LogP contribution in [0.5, 0.6) is 17.2 Å². The van der Waals surface area contributed by atoms with Crippen molar-refractivity contribution in [1.82, 2.24) is 9.97 Å². The monoisotopic (exact) mass is 430 g/mol. The molecule has 0 bridgehead atoms. The fraction of sp³-hybridized carbons (Fsp3) is 0. The molecule has 0 aliphatic carbocycles. The van der Waals surface area contributed by atoms with E-state index in [0.29, 0.717) is 22.7 Å². The predicted molar refractivity (Wildman–Crippen MR) is 128 cm³/mol. The number of ether oxygens (including phenoxy) is 1. The minimum atomic E-state index is 0.198. The van der Waals surface area contributed by atoms with Crippen molar-refractivity contribution in [2.45, 2.75) is 0 Å². The first-order valence-corrected chi connectivity index (χ1v) is 10.3. The van der Waals surface area contributed by atoms with Gasteiger partial charge in [-0.1, -0.05) is 18.2 Å². The summed E-state index contributed by atoms with van der Waals surface area (Å²) in [6.07, 6.45) is 4.92. The second-order valence-electron chi connectivity index (χ2n) is 7.38. The Labute approximate surface area is 190 Å². The topological polar surface area (TPSA) is 91.1 Å². The maximum Gasteiger partial charge on any atom is 0.130 e. The lowest BCUT2D eigenvalue weighted by Crippen LogP contribution is -1.97. The Morgan fingerprint density at radius 2 is 1.61 bits per heavy atom. The third-order valence-corrected chi connectivity index (χ3v) is 5.18. The number of phenols is 1. The molecule has 5 rings (SSSR count). The number of fused-ring (bicyclic) bond motifs is 1. The van der Waals surface area contributed by atoms with Crippen LogP contribution in [0.1, 0.15) is 5.56 Å². The van der Waals surface area contributed by atoms with E-state index in [-0.39, 0.29) is 5.75 Å². The lowest BCUT2D eigenvalue weighted by Gasteiger charge is -2.13. The molecule has 2 aromatic heterocycles. The molecule has 5 aromatic rings. The lowest BCUT2D eigenvalue weighted by molar-refractivity contribution is 0.475. The molecule has 3 aromatic carbocycles. The van der Waals surface area contributed by atoms with Crippen LogP contribution in [0.25, 0.3) is 22.0 Å². The number of phenolic OH excluding ortho intramolecular Hbond substituents is 1. The van der Waals surface area contributed by atoms with Crippen LogP contribution in [-0.4, -0.2) is 15.1 Å². The highest BCUT2D eigenvalue weighted by molar-refractivity contribution is 5.98. The molecular formula is C27H18N4O2. The number of pyridine rings is 2. The van der Waals surface area contributed by atoms with E-state index in [0.717, 1.165) is 27.7 Å². The molecule has 0 radical (unpaired) electrons. The molecule has 0 aliphatic rings. The third-order valence-electron chi connectivity index (χ3n) is 5.18. The maximum absolute atomic E-state index is 9.85. The summed E-state index contributed by atoms with van der Waals surface area (Å²) in [5, 5.41) is 23.7. The van der Waals surface area contributed by atoms with Gasteiger partial charge in [-0.3, -0.25) is 9.97 Å². The summed E-state index contributed by atoms with van der Waals surface area (Å²) in [6.45, 7) is 0. The van der Waals surface area contributed by atoms with Crippen molar-refractivity contribution >= 4 is 22.3 Å². The van der Waals surface area contributed by atoms with Gasteiger partial charge in [0.05, 0.1) is 16.8 Å². The minimum Gasteiger partial charge on any atom is -0.508 e. The van der Waals surface area contributed by atoms with Crippen molar-refractivity contribution in [1.29, 1.82) is 5.26 Å². The first kappa shape index (κ1) is 20.0. The van der Waals surface area contributed by atoms with Gasteiger partial charge in [-0.2, -0.15) is 5.26 Å². The molecule has 33 heavy (non-hydrogen) atoms. The Balaban J connectivity index is 1.50. The summed E-state index contributed by atoms with van der Waals surface area (Å²) in [5.41, 5.74) is 4.48. The summed E-state index contributed by atoms with van der Waals surface area (Å²) in [7, 11) is 0. The smallest absolute Gasteiger partial charge is 0.130 e. The molecule has 0 atom stereocenters. The highest BCUT2D eigenvalue weighted by atomic mass is 16.5. The molecule has 0 fully saturated rings. The van der Waals surface area contributed by atoms with Crippen LogP contribution >= 0.6 is 0 Å². The number of aromatic hydroxyl groups is 1. The molecule has 6 heteroatoms. The Bertz CT molecular complexity index is 1480. The third kappa shape index (κ3) is 4.29. The van der Waals surface area contributed by atoms with E-state index >= 15 is 0 Å².